The number of nitrogens with one attached hydrogen (secondary N) is 1. The molecule has 6 rings (SSSR count). The number of anilines is 1. The van der Waals surface area contributed by atoms with E-state index in [2.05, 4.69) is 5.32 Å². The van der Waals surface area contributed by atoms with Crippen molar-refractivity contribution in [2.24, 2.45) is 4.99 Å². The van der Waals surface area contributed by atoms with Crippen LogP contribution >= 0.6 is 22.9 Å². The van der Waals surface area contributed by atoms with Gasteiger partial charge in [0.2, 0.25) is 0 Å². The van der Waals surface area contributed by atoms with Crippen molar-refractivity contribution in [3.8, 4) is 17.1 Å². The van der Waals surface area contributed by atoms with Gasteiger partial charge in [0, 0.05) is 17.3 Å². The number of furan rings is 1. The summed E-state index contributed by atoms with van der Waals surface area (Å²) in [4.78, 5) is 45.2. The molecule has 11 heteroatoms. The zero-order valence-electron chi connectivity index (χ0n) is 26.2. The summed E-state index contributed by atoms with van der Waals surface area (Å²) >= 11 is 7.52. The van der Waals surface area contributed by atoms with Crippen molar-refractivity contribution in [2.75, 3.05) is 19.5 Å². The number of methoxy groups -OCH3 is 2. The van der Waals surface area contributed by atoms with Crippen molar-refractivity contribution in [1.29, 1.82) is 0 Å². The zero-order valence-corrected chi connectivity index (χ0v) is 27.8. The van der Waals surface area contributed by atoms with Crippen molar-refractivity contribution in [3.05, 3.63) is 137 Å². The van der Waals surface area contributed by atoms with E-state index in [1.54, 1.807) is 67.1 Å². The summed E-state index contributed by atoms with van der Waals surface area (Å²) in [6.07, 6.45) is 1.65. The average Bonchev–Trinajstić information content (AvgIpc) is 3.65. The molecule has 238 valence electrons. The first kappa shape index (κ1) is 31.8. The maximum absolute atomic E-state index is 14.1. The van der Waals surface area contributed by atoms with Gasteiger partial charge in [0.15, 0.2) is 4.80 Å². The standard InChI is InChI=1S/C36H30ClN3O6S/c1-19-6-14-28(20(2)16-19)39-33(41)31-21(3)38-36-40(32(31)22-7-10-24(44-4)11-8-22)34(42)30(47-36)18-25-12-15-29(46-25)23-9-13-26(27(37)17-23)35(43)45-5/h6-18,32H,1-5H3,(H,39,41)/b30-18+/t32-/m0/s1. The summed E-state index contributed by atoms with van der Waals surface area (Å²) in [5.74, 6) is 0.701. The number of rotatable bonds is 7. The van der Waals surface area contributed by atoms with E-state index in [9.17, 15) is 14.4 Å². The number of allylic oxidation sites excluding steroid dienone is 1. The normalized spacial score (nSPS) is 14.4. The maximum atomic E-state index is 14.1. The molecule has 0 saturated heterocycles. The Labute approximate surface area is 279 Å². The van der Waals surface area contributed by atoms with Crippen LogP contribution in [0.15, 0.2) is 98.3 Å². The molecule has 0 fully saturated rings. The molecule has 0 saturated carbocycles. The third-order valence-electron chi connectivity index (χ3n) is 7.89. The van der Waals surface area contributed by atoms with Gasteiger partial charge in [0.25, 0.3) is 11.5 Å². The number of hydrogen-bond donors (Lipinski definition) is 1. The number of carbonyl (C=O) groups is 2. The lowest BCUT2D eigenvalue weighted by Crippen LogP contribution is -2.40. The van der Waals surface area contributed by atoms with E-state index in [-0.39, 0.29) is 22.1 Å². The largest absolute Gasteiger partial charge is 0.497 e. The van der Waals surface area contributed by atoms with Crippen LogP contribution in [-0.2, 0) is 9.53 Å². The van der Waals surface area contributed by atoms with Gasteiger partial charge in [-0.2, -0.15) is 0 Å². The summed E-state index contributed by atoms with van der Waals surface area (Å²) in [5, 5.41) is 3.27. The Morgan fingerprint density at radius 1 is 1.00 bits per heavy atom. The van der Waals surface area contributed by atoms with Crippen LogP contribution in [-0.4, -0.2) is 30.7 Å². The second-order valence-electron chi connectivity index (χ2n) is 11.0. The fraction of sp³-hybridized carbons (Fsp3) is 0.167. The molecule has 3 heterocycles. The van der Waals surface area contributed by atoms with Crippen molar-refractivity contribution in [2.45, 2.75) is 26.8 Å². The number of aromatic nitrogens is 1. The highest BCUT2D eigenvalue weighted by atomic mass is 35.5. The fourth-order valence-electron chi connectivity index (χ4n) is 5.52. The molecule has 9 nitrogen and oxygen atoms in total. The molecular formula is C36H30ClN3O6S. The first-order chi connectivity index (χ1) is 22.6. The predicted octanol–water partition coefficient (Wildman–Crippen LogP) is 6.20. The molecule has 1 aliphatic heterocycles. The molecule has 0 spiro atoms. The Hall–Kier alpha value is -5.19. The molecule has 0 aliphatic carbocycles. The summed E-state index contributed by atoms with van der Waals surface area (Å²) in [6.45, 7) is 5.71. The number of benzene rings is 3. The molecule has 2 aromatic heterocycles. The van der Waals surface area contributed by atoms with Crippen LogP contribution in [0.5, 0.6) is 5.75 Å². The van der Waals surface area contributed by atoms with Crippen molar-refractivity contribution in [3.63, 3.8) is 0 Å². The molecule has 1 amide bonds. The summed E-state index contributed by atoms with van der Waals surface area (Å²) < 4.78 is 18.1. The van der Waals surface area contributed by atoms with Gasteiger partial charge < -0.3 is 19.2 Å². The molecule has 1 aliphatic rings. The van der Waals surface area contributed by atoms with E-state index in [0.717, 1.165) is 16.7 Å². The molecule has 5 aromatic rings. The van der Waals surface area contributed by atoms with Crippen molar-refractivity contribution < 1.29 is 23.5 Å². The molecule has 3 aromatic carbocycles. The maximum Gasteiger partial charge on any atom is 0.339 e. The lowest BCUT2D eigenvalue weighted by molar-refractivity contribution is -0.113. The minimum atomic E-state index is -0.743. The van der Waals surface area contributed by atoms with Gasteiger partial charge in [-0.1, -0.05) is 58.8 Å². The van der Waals surface area contributed by atoms with Crippen LogP contribution in [0, 0.1) is 13.8 Å². The number of esters is 1. The second kappa shape index (κ2) is 12.9. The van der Waals surface area contributed by atoms with Gasteiger partial charge in [-0.05, 0) is 74.4 Å². The lowest BCUT2D eigenvalue weighted by Gasteiger charge is -2.25. The van der Waals surface area contributed by atoms with Gasteiger partial charge in [0.1, 0.15) is 17.3 Å². The summed E-state index contributed by atoms with van der Waals surface area (Å²) in [6, 6.07) is 20.7. The quantitative estimate of drug-likeness (QED) is 0.207. The number of thiazole rings is 1. The molecule has 0 unspecified atom stereocenters. The van der Waals surface area contributed by atoms with Crippen LogP contribution in [0.4, 0.5) is 5.69 Å². The molecule has 1 atom stereocenters. The average molecular weight is 668 g/mol. The van der Waals surface area contributed by atoms with Crippen molar-refractivity contribution >= 4 is 46.6 Å². The van der Waals surface area contributed by atoms with Crippen molar-refractivity contribution in [1.82, 2.24) is 4.57 Å². The van der Waals surface area contributed by atoms with E-state index in [1.165, 1.54) is 18.4 Å². The SMILES string of the molecule is COC(=O)c1ccc(-c2ccc(/C=c3/sc4n(c3=O)[C@@H](c3ccc(OC)cc3)C(C(=O)Nc3ccc(C)cc3C)=C(C)N=4)o2)cc1Cl. The Morgan fingerprint density at radius 3 is 2.45 bits per heavy atom. The van der Waals surface area contributed by atoms with Gasteiger partial charge in [-0.25, -0.2) is 9.79 Å². The number of fused-ring (bicyclic) bond motifs is 1. The van der Waals surface area contributed by atoms with Gasteiger partial charge in [-0.3, -0.25) is 14.2 Å². The Balaban J connectivity index is 1.41. The van der Waals surface area contributed by atoms with Crippen LogP contribution in [0.3, 0.4) is 0 Å². The van der Waals surface area contributed by atoms with E-state index in [1.807, 2.05) is 44.2 Å². The highest BCUT2D eigenvalue weighted by Gasteiger charge is 2.33. The first-order valence-corrected chi connectivity index (χ1v) is 15.8. The number of amides is 1. The lowest BCUT2D eigenvalue weighted by atomic mass is 9.95. The van der Waals surface area contributed by atoms with Crippen LogP contribution in [0.1, 0.15) is 45.8 Å². The molecule has 1 N–H and O–H groups in total. The molecule has 0 bridgehead atoms. The number of carbonyl (C=O) groups excluding carboxylic acids is 2. The van der Waals surface area contributed by atoms with Gasteiger partial charge in [-0.15, -0.1) is 0 Å². The van der Waals surface area contributed by atoms with E-state index in [4.69, 9.17) is 30.5 Å². The zero-order chi connectivity index (χ0) is 33.4. The van der Waals surface area contributed by atoms with Crippen LogP contribution in [0.2, 0.25) is 5.02 Å². The minimum absolute atomic E-state index is 0.229. The topological polar surface area (TPSA) is 112 Å². The minimum Gasteiger partial charge on any atom is -0.497 e. The number of halogens is 1. The first-order valence-electron chi connectivity index (χ1n) is 14.6. The number of nitrogens with zero attached hydrogens (tertiary/aromatic N) is 2. The van der Waals surface area contributed by atoms with Crippen LogP contribution in [0.25, 0.3) is 17.4 Å². The highest BCUT2D eigenvalue weighted by molar-refractivity contribution is 7.07. The predicted molar refractivity (Wildman–Crippen MR) is 182 cm³/mol. The number of ether oxygens (including phenoxy) is 2. The Morgan fingerprint density at radius 2 is 1.77 bits per heavy atom. The molecular weight excluding hydrogens is 638 g/mol. The summed E-state index contributed by atoms with van der Waals surface area (Å²) in [5.41, 5.74) is 4.87. The number of hydrogen-bond acceptors (Lipinski definition) is 8. The van der Waals surface area contributed by atoms with E-state index >= 15 is 0 Å². The smallest absolute Gasteiger partial charge is 0.339 e. The molecule has 47 heavy (non-hydrogen) atoms. The second-order valence-corrected chi connectivity index (χ2v) is 12.4. The molecule has 0 radical (unpaired) electrons. The third-order valence-corrected chi connectivity index (χ3v) is 9.18. The fourth-order valence-corrected chi connectivity index (χ4v) is 6.80. The van der Waals surface area contributed by atoms with Gasteiger partial charge >= 0.3 is 5.97 Å². The van der Waals surface area contributed by atoms with Crippen LogP contribution < -0.4 is 24.9 Å². The monoisotopic (exact) mass is 667 g/mol. The highest BCUT2D eigenvalue weighted by Crippen LogP contribution is 2.32. The third kappa shape index (κ3) is 6.17. The summed E-state index contributed by atoms with van der Waals surface area (Å²) in [7, 11) is 2.87. The van der Waals surface area contributed by atoms with E-state index < -0.39 is 12.0 Å². The van der Waals surface area contributed by atoms with E-state index in [0.29, 0.717) is 49.1 Å². The Bertz CT molecular complexity index is 2260. The van der Waals surface area contributed by atoms with Gasteiger partial charge in [0.05, 0.1) is 46.7 Å². The number of aryl methyl sites for hydroxylation is 2. The Kier molecular flexibility index (Phi) is 8.72.